The van der Waals surface area contributed by atoms with Gasteiger partial charge in [-0.05, 0) is 19.8 Å². The normalized spacial score (nSPS) is 16.5. The summed E-state index contributed by atoms with van der Waals surface area (Å²) in [5.74, 6) is -0.108. The van der Waals surface area contributed by atoms with E-state index in [1.165, 1.54) is 13.0 Å². The highest BCUT2D eigenvalue weighted by atomic mass is 35.7. The summed E-state index contributed by atoms with van der Waals surface area (Å²) in [5.41, 5.74) is 0. The van der Waals surface area contributed by atoms with Gasteiger partial charge in [0.15, 0.2) is 5.76 Å². The van der Waals surface area contributed by atoms with Crippen molar-refractivity contribution in [3.8, 4) is 0 Å². The van der Waals surface area contributed by atoms with Crippen LogP contribution in [0.2, 0.25) is 0 Å². The zero-order valence-corrected chi connectivity index (χ0v) is 10.8. The number of halogens is 1. The van der Waals surface area contributed by atoms with Gasteiger partial charge in [0.25, 0.3) is 15.0 Å². The van der Waals surface area contributed by atoms with E-state index >= 15 is 0 Å². The minimum absolute atomic E-state index is 0.0311. The van der Waals surface area contributed by atoms with Crippen LogP contribution in [0.1, 0.15) is 29.2 Å². The zero-order chi connectivity index (χ0) is 12.6. The molecule has 0 spiro atoms. The molecule has 1 aromatic heterocycles. The molecule has 1 aromatic rings. The molecular formula is C10H12ClNO4S. The van der Waals surface area contributed by atoms with E-state index in [1.807, 2.05) is 0 Å². The van der Waals surface area contributed by atoms with E-state index in [0.29, 0.717) is 13.1 Å². The first-order valence-corrected chi connectivity index (χ1v) is 7.55. The quantitative estimate of drug-likeness (QED) is 0.773. The first-order chi connectivity index (χ1) is 7.89. The molecule has 0 radical (unpaired) electrons. The monoisotopic (exact) mass is 277 g/mol. The molecule has 0 saturated carbocycles. The molecule has 0 aliphatic carbocycles. The first kappa shape index (κ1) is 12.4. The number of likely N-dealkylation sites (tertiary alicyclic amines) is 1. The highest BCUT2D eigenvalue weighted by molar-refractivity contribution is 8.13. The Morgan fingerprint density at radius 3 is 2.47 bits per heavy atom. The van der Waals surface area contributed by atoms with Crippen molar-refractivity contribution >= 4 is 25.6 Å². The predicted octanol–water partition coefficient (Wildman–Crippen LogP) is 1.75. The number of rotatable bonds is 2. The van der Waals surface area contributed by atoms with Crippen LogP contribution in [-0.2, 0) is 9.05 Å². The van der Waals surface area contributed by atoms with Gasteiger partial charge in [0.05, 0.1) is 0 Å². The Morgan fingerprint density at radius 1 is 1.41 bits per heavy atom. The number of carbonyl (C=O) groups is 1. The fourth-order valence-electron chi connectivity index (χ4n) is 1.89. The van der Waals surface area contributed by atoms with E-state index in [2.05, 4.69) is 0 Å². The number of hydrogen-bond donors (Lipinski definition) is 0. The SMILES string of the molecule is Cc1oc(C(=O)N2CCCC2)cc1S(=O)(=O)Cl. The van der Waals surface area contributed by atoms with Crippen LogP contribution in [0.15, 0.2) is 15.4 Å². The second kappa shape index (κ2) is 4.34. The molecule has 0 aromatic carbocycles. The Balaban J connectivity index is 2.31. The van der Waals surface area contributed by atoms with Crippen LogP contribution in [0.25, 0.3) is 0 Å². The minimum atomic E-state index is -3.86. The van der Waals surface area contributed by atoms with E-state index in [0.717, 1.165) is 12.8 Å². The summed E-state index contributed by atoms with van der Waals surface area (Å²) in [6.07, 6.45) is 1.93. The third-order valence-corrected chi connectivity index (χ3v) is 4.17. The maximum absolute atomic E-state index is 11.9. The summed E-state index contributed by atoms with van der Waals surface area (Å²) in [6.45, 7) is 2.83. The van der Waals surface area contributed by atoms with Gasteiger partial charge < -0.3 is 9.32 Å². The van der Waals surface area contributed by atoms with Crippen molar-refractivity contribution < 1.29 is 17.6 Å². The molecule has 94 valence electrons. The van der Waals surface area contributed by atoms with Crippen molar-refractivity contribution in [3.63, 3.8) is 0 Å². The Kier molecular flexibility index (Phi) is 3.18. The molecule has 1 aliphatic rings. The van der Waals surface area contributed by atoms with Crippen LogP contribution >= 0.6 is 10.7 Å². The molecule has 0 bridgehead atoms. The molecular weight excluding hydrogens is 266 g/mol. The molecule has 2 heterocycles. The van der Waals surface area contributed by atoms with Gasteiger partial charge >= 0.3 is 0 Å². The van der Waals surface area contributed by atoms with Crippen LogP contribution in [0.3, 0.4) is 0 Å². The largest absolute Gasteiger partial charge is 0.455 e. The Labute approximate surface area is 104 Å². The maximum Gasteiger partial charge on any atom is 0.289 e. The van der Waals surface area contributed by atoms with Crippen LogP contribution in [-0.4, -0.2) is 32.3 Å². The summed E-state index contributed by atoms with van der Waals surface area (Å²) >= 11 is 0. The van der Waals surface area contributed by atoms with E-state index in [9.17, 15) is 13.2 Å². The van der Waals surface area contributed by atoms with E-state index in [1.54, 1.807) is 4.90 Å². The van der Waals surface area contributed by atoms with Gasteiger partial charge in [0, 0.05) is 29.8 Å². The van der Waals surface area contributed by atoms with E-state index < -0.39 is 9.05 Å². The Morgan fingerprint density at radius 2 is 2.00 bits per heavy atom. The van der Waals surface area contributed by atoms with Gasteiger partial charge in [-0.3, -0.25) is 4.79 Å². The summed E-state index contributed by atoms with van der Waals surface area (Å²) in [5, 5.41) is 0. The summed E-state index contributed by atoms with van der Waals surface area (Å²) in [7, 11) is 1.37. The second-order valence-electron chi connectivity index (χ2n) is 3.97. The van der Waals surface area contributed by atoms with Gasteiger partial charge in [-0.25, -0.2) is 8.42 Å². The lowest BCUT2D eigenvalue weighted by Crippen LogP contribution is -2.27. The molecule has 1 amide bonds. The molecule has 17 heavy (non-hydrogen) atoms. The second-order valence-corrected chi connectivity index (χ2v) is 6.50. The van der Waals surface area contributed by atoms with Gasteiger partial charge in [-0.15, -0.1) is 0 Å². The molecule has 0 N–H and O–H groups in total. The van der Waals surface area contributed by atoms with Gasteiger partial charge in [0.2, 0.25) is 0 Å². The summed E-state index contributed by atoms with van der Waals surface area (Å²) < 4.78 is 27.5. The third kappa shape index (κ3) is 2.47. The summed E-state index contributed by atoms with van der Waals surface area (Å²) in [4.78, 5) is 13.4. The van der Waals surface area contributed by atoms with Crippen molar-refractivity contribution in [2.45, 2.75) is 24.7 Å². The smallest absolute Gasteiger partial charge is 0.289 e. The number of hydrogen-bond acceptors (Lipinski definition) is 4. The van der Waals surface area contributed by atoms with E-state index in [4.69, 9.17) is 15.1 Å². The average molecular weight is 278 g/mol. The molecule has 7 heteroatoms. The fraction of sp³-hybridized carbons (Fsp3) is 0.500. The molecule has 1 saturated heterocycles. The fourth-order valence-corrected chi connectivity index (χ4v) is 2.98. The zero-order valence-electron chi connectivity index (χ0n) is 9.27. The standard InChI is InChI=1S/C10H12ClNO4S/c1-7-9(17(11,14)15)6-8(16-7)10(13)12-4-2-3-5-12/h6H,2-5H2,1H3. The minimum Gasteiger partial charge on any atom is -0.455 e. The first-order valence-electron chi connectivity index (χ1n) is 5.24. The highest BCUT2D eigenvalue weighted by Gasteiger charge is 2.26. The molecule has 1 aliphatic heterocycles. The van der Waals surface area contributed by atoms with E-state index in [-0.39, 0.29) is 22.3 Å². The lowest BCUT2D eigenvalue weighted by atomic mass is 10.4. The average Bonchev–Trinajstić information content (AvgIpc) is 2.83. The third-order valence-electron chi connectivity index (χ3n) is 2.74. The maximum atomic E-state index is 11.9. The van der Waals surface area contributed by atoms with Crippen LogP contribution < -0.4 is 0 Å². The number of carbonyl (C=O) groups excluding carboxylic acids is 1. The molecule has 5 nitrogen and oxygen atoms in total. The lowest BCUT2D eigenvalue weighted by molar-refractivity contribution is 0.0760. The van der Waals surface area contributed by atoms with Crippen molar-refractivity contribution in [1.82, 2.24) is 4.90 Å². The summed E-state index contributed by atoms with van der Waals surface area (Å²) in [6, 6.07) is 1.19. The number of amides is 1. The Bertz CT molecular complexity index is 543. The predicted molar refractivity (Wildman–Crippen MR) is 61.6 cm³/mol. The molecule has 0 atom stereocenters. The number of aryl methyl sites for hydroxylation is 1. The number of nitrogens with zero attached hydrogens (tertiary/aromatic N) is 1. The lowest BCUT2D eigenvalue weighted by Gasteiger charge is -2.12. The van der Waals surface area contributed by atoms with Gasteiger partial charge in [-0.2, -0.15) is 0 Å². The van der Waals surface area contributed by atoms with Crippen molar-refractivity contribution in [2.24, 2.45) is 0 Å². The van der Waals surface area contributed by atoms with Crippen molar-refractivity contribution in [2.75, 3.05) is 13.1 Å². The molecule has 0 unspecified atom stereocenters. The van der Waals surface area contributed by atoms with Crippen LogP contribution in [0.5, 0.6) is 0 Å². The Hall–Kier alpha value is -1.01. The highest BCUT2D eigenvalue weighted by Crippen LogP contribution is 2.25. The number of furan rings is 1. The van der Waals surface area contributed by atoms with Crippen molar-refractivity contribution in [3.05, 3.63) is 17.6 Å². The van der Waals surface area contributed by atoms with Crippen LogP contribution in [0, 0.1) is 6.92 Å². The van der Waals surface area contributed by atoms with Crippen molar-refractivity contribution in [1.29, 1.82) is 0 Å². The topological polar surface area (TPSA) is 67.6 Å². The molecule has 2 rings (SSSR count). The molecule has 1 fully saturated rings. The van der Waals surface area contributed by atoms with Gasteiger partial charge in [0.1, 0.15) is 10.7 Å². The van der Waals surface area contributed by atoms with Crippen LogP contribution in [0.4, 0.5) is 0 Å². The van der Waals surface area contributed by atoms with Gasteiger partial charge in [-0.1, -0.05) is 0 Å².